The van der Waals surface area contributed by atoms with E-state index in [0.29, 0.717) is 0 Å². The first kappa shape index (κ1) is 19.2. The lowest BCUT2D eigenvalue weighted by atomic mass is 10.1. The molecule has 0 aliphatic heterocycles. The Kier molecular flexibility index (Phi) is 6.76. The Morgan fingerprint density at radius 2 is 1.65 bits per heavy atom. The van der Waals surface area contributed by atoms with E-state index < -0.39 is 0 Å². The second-order valence-electron chi connectivity index (χ2n) is 7.05. The molecule has 0 aromatic heterocycles. The highest BCUT2D eigenvalue weighted by molar-refractivity contribution is 5.85. The molecule has 1 N–H and O–H groups in total. The molecule has 5 nitrogen and oxygen atoms in total. The van der Waals surface area contributed by atoms with Gasteiger partial charge in [0, 0.05) is 18.6 Å². The summed E-state index contributed by atoms with van der Waals surface area (Å²) >= 11 is 0. The van der Waals surface area contributed by atoms with Crippen molar-refractivity contribution >= 4 is 11.8 Å². The highest BCUT2D eigenvalue weighted by Crippen LogP contribution is 2.17. The third-order valence-electron chi connectivity index (χ3n) is 3.65. The largest absolute Gasteiger partial charge is 0.350 e. The minimum atomic E-state index is -0.292. The van der Waals surface area contributed by atoms with Gasteiger partial charge in [0.1, 0.15) is 0 Å². The molecule has 0 heterocycles. The molecule has 0 aliphatic carbocycles. The molecule has 5 heteroatoms. The number of nitrogens with zero attached hydrogens (tertiary/aromatic N) is 2. The van der Waals surface area contributed by atoms with Crippen molar-refractivity contribution in [2.24, 2.45) is 0 Å². The van der Waals surface area contributed by atoms with Crippen molar-refractivity contribution in [2.45, 2.75) is 39.3 Å². The number of rotatable bonds is 6. The third-order valence-corrected chi connectivity index (χ3v) is 3.65. The number of likely N-dealkylation sites (N-methyl/N-ethyl adjacent to an activating group) is 2. The molecular weight excluding hydrogens is 290 g/mol. The monoisotopic (exact) mass is 319 g/mol. The minimum absolute atomic E-state index is 0.0701. The quantitative estimate of drug-likeness (QED) is 0.873. The van der Waals surface area contributed by atoms with Gasteiger partial charge in [-0.3, -0.25) is 14.5 Å². The topological polar surface area (TPSA) is 52.7 Å². The van der Waals surface area contributed by atoms with Gasteiger partial charge >= 0.3 is 0 Å². The fraction of sp³-hybridized carbons (Fsp3) is 0.556. The highest BCUT2D eigenvalue weighted by atomic mass is 16.2. The van der Waals surface area contributed by atoms with Gasteiger partial charge in [-0.15, -0.1) is 0 Å². The van der Waals surface area contributed by atoms with E-state index in [1.807, 2.05) is 63.1 Å². The summed E-state index contributed by atoms with van der Waals surface area (Å²) in [5.41, 5.74) is 0.871. The molecule has 0 saturated heterocycles. The van der Waals surface area contributed by atoms with E-state index in [9.17, 15) is 9.59 Å². The molecule has 0 bridgehead atoms. The smallest absolute Gasteiger partial charge is 0.240 e. The molecule has 1 atom stereocenters. The van der Waals surface area contributed by atoms with Crippen molar-refractivity contribution in [3.63, 3.8) is 0 Å². The van der Waals surface area contributed by atoms with E-state index in [-0.39, 0.29) is 36.5 Å². The number of amides is 2. The van der Waals surface area contributed by atoms with E-state index >= 15 is 0 Å². The van der Waals surface area contributed by atoms with Gasteiger partial charge in [-0.2, -0.15) is 0 Å². The lowest BCUT2D eigenvalue weighted by molar-refractivity contribution is -0.136. The molecular formula is C18H29N3O2. The standard InChI is InChI=1S/C18H29N3O2/c1-14(15-10-8-7-9-11-15)20(5)13-17(23)21(6)12-16(22)19-18(2,3)4/h7-11,14H,12-13H2,1-6H3,(H,19,22)/t14-/m0/s1. The summed E-state index contributed by atoms with van der Waals surface area (Å²) in [5.74, 6) is -0.216. The molecule has 1 aromatic rings. The molecule has 0 fully saturated rings. The fourth-order valence-electron chi connectivity index (χ4n) is 2.22. The summed E-state index contributed by atoms with van der Waals surface area (Å²) in [6.07, 6.45) is 0. The Morgan fingerprint density at radius 3 is 2.17 bits per heavy atom. The molecule has 0 saturated carbocycles. The average molecular weight is 319 g/mol. The van der Waals surface area contributed by atoms with E-state index in [0.717, 1.165) is 5.56 Å². The number of carbonyl (C=O) groups excluding carboxylic acids is 2. The minimum Gasteiger partial charge on any atom is -0.350 e. The summed E-state index contributed by atoms with van der Waals surface area (Å²) in [6, 6.07) is 10.2. The Hall–Kier alpha value is -1.88. The van der Waals surface area contributed by atoms with Crippen LogP contribution >= 0.6 is 0 Å². The zero-order chi connectivity index (χ0) is 17.6. The normalized spacial score (nSPS) is 12.8. The maximum Gasteiger partial charge on any atom is 0.240 e. The van der Waals surface area contributed by atoms with Crippen LogP contribution in [0.1, 0.15) is 39.3 Å². The molecule has 0 unspecified atom stereocenters. The van der Waals surface area contributed by atoms with Crippen LogP contribution < -0.4 is 5.32 Å². The average Bonchev–Trinajstić information content (AvgIpc) is 2.45. The maximum atomic E-state index is 12.3. The predicted octanol–water partition coefficient (Wildman–Crippen LogP) is 2.05. The van der Waals surface area contributed by atoms with Crippen LogP contribution in [0.5, 0.6) is 0 Å². The number of hydrogen-bond acceptors (Lipinski definition) is 3. The predicted molar refractivity (Wildman–Crippen MR) is 93.0 cm³/mol. The van der Waals surface area contributed by atoms with Crippen LogP contribution in [0.3, 0.4) is 0 Å². The van der Waals surface area contributed by atoms with Crippen LogP contribution in [0.25, 0.3) is 0 Å². The highest BCUT2D eigenvalue weighted by Gasteiger charge is 2.20. The van der Waals surface area contributed by atoms with Gasteiger partial charge in [-0.05, 0) is 40.3 Å². The van der Waals surface area contributed by atoms with Gasteiger partial charge in [0.05, 0.1) is 13.1 Å². The molecule has 128 valence electrons. The lowest BCUT2D eigenvalue weighted by Crippen LogP contribution is -2.47. The lowest BCUT2D eigenvalue weighted by Gasteiger charge is -2.27. The second-order valence-corrected chi connectivity index (χ2v) is 7.05. The van der Waals surface area contributed by atoms with Crippen LogP contribution in [0, 0.1) is 0 Å². The van der Waals surface area contributed by atoms with E-state index in [2.05, 4.69) is 12.2 Å². The van der Waals surface area contributed by atoms with Gasteiger partial charge < -0.3 is 10.2 Å². The molecule has 2 amide bonds. The van der Waals surface area contributed by atoms with Gasteiger partial charge in [-0.25, -0.2) is 0 Å². The van der Waals surface area contributed by atoms with E-state index in [1.54, 1.807) is 7.05 Å². The van der Waals surface area contributed by atoms with Crippen LogP contribution in [0.2, 0.25) is 0 Å². The van der Waals surface area contributed by atoms with Crippen LogP contribution in [-0.4, -0.2) is 54.3 Å². The van der Waals surface area contributed by atoms with E-state index in [1.165, 1.54) is 4.90 Å². The van der Waals surface area contributed by atoms with Crippen molar-refractivity contribution in [2.75, 3.05) is 27.2 Å². The Balaban J connectivity index is 2.53. The first-order valence-corrected chi connectivity index (χ1v) is 7.90. The Morgan fingerprint density at radius 1 is 1.09 bits per heavy atom. The second kappa shape index (κ2) is 8.11. The van der Waals surface area contributed by atoms with Gasteiger partial charge in [0.15, 0.2) is 0 Å². The third kappa shape index (κ3) is 6.82. The summed E-state index contributed by atoms with van der Waals surface area (Å²) in [7, 11) is 3.57. The van der Waals surface area contributed by atoms with Crippen molar-refractivity contribution in [1.29, 1.82) is 0 Å². The molecule has 0 aliphatic rings. The van der Waals surface area contributed by atoms with Gasteiger partial charge in [0.25, 0.3) is 0 Å². The van der Waals surface area contributed by atoms with E-state index in [4.69, 9.17) is 0 Å². The first-order valence-electron chi connectivity index (χ1n) is 7.90. The SMILES string of the molecule is C[C@@H](c1ccccc1)N(C)CC(=O)N(C)CC(=O)NC(C)(C)C. The first-order chi connectivity index (χ1) is 10.6. The number of carbonyl (C=O) groups is 2. The van der Waals surface area contributed by atoms with Crippen molar-refractivity contribution < 1.29 is 9.59 Å². The van der Waals surface area contributed by atoms with Gasteiger partial charge in [-0.1, -0.05) is 30.3 Å². The maximum absolute atomic E-state index is 12.3. The molecule has 1 rings (SSSR count). The van der Waals surface area contributed by atoms with Crippen LogP contribution in [0.4, 0.5) is 0 Å². The zero-order valence-electron chi connectivity index (χ0n) is 15.1. The molecule has 23 heavy (non-hydrogen) atoms. The number of nitrogens with one attached hydrogen (secondary N) is 1. The summed E-state index contributed by atoms with van der Waals surface area (Å²) in [4.78, 5) is 27.6. The molecule has 1 aromatic carbocycles. The summed E-state index contributed by atoms with van der Waals surface area (Å²) in [6.45, 7) is 8.17. The zero-order valence-corrected chi connectivity index (χ0v) is 15.1. The summed E-state index contributed by atoms with van der Waals surface area (Å²) in [5, 5.41) is 2.86. The molecule has 0 radical (unpaired) electrons. The van der Waals surface area contributed by atoms with Crippen LogP contribution in [0.15, 0.2) is 30.3 Å². The molecule has 0 spiro atoms. The fourth-order valence-corrected chi connectivity index (χ4v) is 2.22. The number of hydrogen-bond donors (Lipinski definition) is 1. The van der Waals surface area contributed by atoms with Gasteiger partial charge in [0.2, 0.25) is 11.8 Å². The van der Waals surface area contributed by atoms with Crippen molar-refractivity contribution in [3.05, 3.63) is 35.9 Å². The van der Waals surface area contributed by atoms with Crippen LogP contribution in [-0.2, 0) is 9.59 Å². The number of benzene rings is 1. The van der Waals surface area contributed by atoms with Crippen molar-refractivity contribution in [3.8, 4) is 0 Å². The Labute approximate surface area is 139 Å². The van der Waals surface area contributed by atoms with Crippen molar-refractivity contribution in [1.82, 2.24) is 15.1 Å². The Bertz CT molecular complexity index is 523. The summed E-state index contributed by atoms with van der Waals surface area (Å²) < 4.78 is 0.